The second-order valence-electron chi connectivity index (χ2n) is 7.16. The largest absolute Gasteiger partial charge is 0.311 e. The average molecular weight is 391 g/mol. The summed E-state index contributed by atoms with van der Waals surface area (Å²) in [7, 11) is 1.81. The fourth-order valence-corrected chi connectivity index (χ4v) is 3.94. The van der Waals surface area contributed by atoms with Gasteiger partial charge in [-0.2, -0.15) is 5.10 Å². The van der Waals surface area contributed by atoms with E-state index in [9.17, 15) is 4.79 Å². The lowest BCUT2D eigenvalue weighted by molar-refractivity contribution is 0.0994. The lowest BCUT2D eigenvalue weighted by Crippen LogP contribution is -2.26. The summed E-state index contributed by atoms with van der Waals surface area (Å²) in [6.45, 7) is 6.15. The maximum Gasteiger partial charge on any atom is 0.258 e. The lowest BCUT2D eigenvalue weighted by Gasteiger charge is -2.19. The smallest absolute Gasteiger partial charge is 0.258 e. The second kappa shape index (κ2) is 7.20. The van der Waals surface area contributed by atoms with E-state index in [0.29, 0.717) is 5.56 Å². The molecule has 0 radical (unpaired) electrons. The Balaban J connectivity index is 1.88. The molecule has 0 bridgehead atoms. The molecule has 28 heavy (non-hydrogen) atoms. The second-order valence-corrected chi connectivity index (χ2v) is 8.10. The summed E-state index contributed by atoms with van der Waals surface area (Å²) in [5, 5.41) is 7.28. The first kappa shape index (κ1) is 18.4. The number of nitrogens with zero attached hydrogens (tertiary/aromatic N) is 4. The van der Waals surface area contributed by atoms with Gasteiger partial charge >= 0.3 is 0 Å². The Morgan fingerprint density at radius 1 is 1.18 bits per heavy atom. The van der Waals surface area contributed by atoms with E-state index >= 15 is 0 Å². The summed E-state index contributed by atoms with van der Waals surface area (Å²) in [5.41, 5.74) is 4.13. The summed E-state index contributed by atoms with van der Waals surface area (Å²) < 4.78 is 1.87. The number of fused-ring (bicyclic) bond motifs is 1. The average Bonchev–Trinajstić information content (AvgIpc) is 3.35. The molecule has 1 aromatic carbocycles. The first-order valence-electron chi connectivity index (χ1n) is 9.22. The molecule has 0 unspecified atom stereocenters. The van der Waals surface area contributed by atoms with E-state index in [1.165, 1.54) is 0 Å². The van der Waals surface area contributed by atoms with E-state index in [1.54, 1.807) is 29.5 Å². The zero-order valence-corrected chi connectivity index (χ0v) is 17.2. The van der Waals surface area contributed by atoms with Crippen molar-refractivity contribution in [2.75, 3.05) is 11.9 Å². The molecule has 142 valence electrons. The highest BCUT2D eigenvalue weighted by Gasteiger charge is 2.22. The van der Waals surface area contributed by atoms with Crippen molar-refractivity contribution in [3.05, 3.63) is 65.2 Å². The molecule has 4 aromatic rings. The fourth-order valence-electron chi connectivity index (χ4n) is 3.26. The Kier molecular flexibility index (Phi) is 4.73. The summed E-state index contributed by atoms with van der Waals surface area (Å²) in [4.78, 5) is 21.0. The first-order chi connectivity index (χ1) is 13.5. The van der Waals surface area contributed by atoms with Crippen LogP contribution in [0.15, 0.2) is 54.0 Å². The Hall–Kier alpha value is -2.99. The van der Waals surface area contributed by atoms with Crippen molar-refractivity contribution < 1.29 is 4.79 Å². The quantitative estimate of drug-likeness (QED) is 0.473. The fraction of sp³-hybridized carbons (Fsp3) is 0.227. The van der Waals surface area contributed by atoms with Crippen molar-refractivity contribution in [1.82, 2.24) is 14.8 Å². The first-order valence-corrected chi connectivity index (χ1v) is 10.1. The molecular formula is C22H22N4OS. The van der Waals surface area contributed by atoms with E-state index < -0.39 is 0 Å². The molecule has 4 rings (SSSR count). The molecule has 3 heterocycles. The lowest BCUT2D eigenvalue weighted by atomic mass is 10.1. The van der Waals surface area contributed by atoms with Gasteiger partial charge in [0, 0.05) is 18.8 Å². The Morgan fingerprint density at radius 3 is 2.68 bits per heavy atom. The van der Waals surface area contributed by atoms with Gasteiger partial charge in [0.2, 0.25) is 0 Å². The molecule has 0 aliphatic carbocycles. The van der Waals surface area contributed by atoms with Crippen molar-refractivity contribution in [3.8, 4) is 10.6 Å². The number of pyridine rings is 1. The minimum Gasteiger partial charge on any atom is -0.311 e. The van der Waals surface area contributed by atoms with Crippen molar-refractivity contribution >= 4 is 34.0 Å². The van der Waals surface area contributed by atoms with Crippen LogP contribution in [-0.4, -0.2) is 27.7 Å². The standard InChI is InChI=1S/C22H22N4OS/c1-14(2)26-21-18(13-23-26)17(12-19(24-21)20-9-6-10-28-20)22(27)25(4)16-8-5-7-15(3)11-16/h5-14H,1-4H3. The number of aryl methyl sites for hydroxylation is 1. The number of carbonyl (C=O) groups excluding carboxylic acids is 1. The molecule has 0 N–H and O–H groups in total. The predicted molar refractivity (Wildman–Crippen MR) is 115 cm³/mol. The van der Waals surface area contributed by atoms with Crippen LogP contribution in [0.4, 0.5) is 5.69 Å². The van der Waals surface area contributed by atoms with Crippen LogP contribution in [0.5, 0.6) is 0 Å². The van der Waals surface area contributed by atoms with Gasteiger partial charge in [0.25, 0.3) is 5.91 Å². The van der Waals surface area contributed by atoms with Gasteiger partial charge in [0.15, 0.2) is 5.65 Å². The van der Waals surface area contributed by atoms with Crippen LogP contribution in [-0.2, 0) is 0 Å². The molecule has 0 atom stereocenters. The van der Waals surface area contributed by atoms with Gasteiger partial charge < -0.3 is 4.90 Å². The highest BCUT2D eigenvalue weighted by atomic mass is 32.1. The summed E-state index contributed by atoms with van der Waals surface area (Å²) in [6, 6.07) is 14.0. The van der Waals surface area contributed by atoms with Crippen LogP contribution in [0.3, 0.4) is 0 Å². The molecule has 0 spiro atoms. The third kappa shape index (κ3) is 3.20. The number of rotatable bonds is 4. The van der Waals surface area contributed by atoms with Gasteiger partial charge in [0.05, 0.1) is 27.7 Å². The molecule has 0 saturated carbocycles. The number of hydrogen-bond acceptors (Lipinski definition) is 4. The molecule has 3 aromatic heterocycles. The van der Waals surface area contributed by atoms with Gasteiger partial charge in [-0.3, -0.25) is 4.79 Å². The molecule has 0 aliphatic heterocycles. The molecule has 5 nitrogen and oxygen atoms in total. The van der Waals surface area contributed by atoms with Crippen LogP contribution in [0, 0.1) is 6.92 Å². The molecule has 6 heteroatoms. The van der Waals surface area contributed by atoms with Gasteiger partial charge in [-0.25, -0.2) is 9.67 Å². The Bertz CT molecular complexity index is 1140. The summed E-state index contributed by atoms with van der Waals surface area (Å²) in [6.07, 6.45) is 1.75. The number of aromatic nitrogens is 3. The number of carbonyl (C=O) groups is 1. The molecule has 0 aliphatic rings. The number of benzene rings is 1. The SMILES string of the molecule is Cc1cccc(N(C)C(=O)c2cc(-c3cccs3)nc3c2cnn3C(C)C)c1. The van der Waals surface area contributed by atoms with E-state index in [-0.39, 0.29) is 11.9 Å². The normalized spacial score (nSPS) is 11.3. The van der Waals surface area contributed by atoms with Crippen molar-refractivity contribution in [3.63, 3.8) is 0 Å². The highest BCUT2D eigenvalue weighted by molar-refractivity contribution is 7.13. The molecule has 1 amide bonds. The van der Waals surface area contributed by atoms with Gasteiger partial charge in [-0.05, 0) is 56.0 Å². The van der Waals surface area contributed by atoms with Crippen LogP contribution >= 0.6 is 11.3 Å². The third-order valence-electron chi connectivity index (χ3n) is 4.75. The van der Waals surface area contributed by atoms with E-state index in [0.717, 1.165) is 32.9 Å². The van der Waals surface area contributed by atoms with Crippen LogP contribution in [0.1, 0.15) is 35.8 Å². The van der Waals surface area contributed by atoms with Crippen LogP contribution in [0.25, 0.3) is 21.6 Å². The van der Waals surface area contributed by atoms with Crippen molar-refractivity contribution in [2.45, 2.75) is 26.8 Å². The maximum absolute atomic E-state index is 13.4. The van der Waals surface area contributed by atoms with Gasteiger partial charge in [0.1, 0.15) is 0 Å². The summed E-state index contributed by atoms with van der Waals surface area (Å²) in [5.74, 6) is -0.0703. The minimum absolute atomic E-state index is 0.0703. The zero-order chi connectivity index (χ0) is 19.8. The highest BCUT2D eigenvalue weighted by Crippen LogP contribution is 2.30. The molecule has 0 fully saturated rings. The van der Waals surface area contributed by atoms with E-state index in [4.69, 9.17) is 4.98 Å². The number of thiophene rings is 1. The number of amides is 1. The van der Waals surface area contributed by atoms with E-state index in [2.05, 4.69) is 18.9 Å². The Labute approximate surface area is 168 Å². The van der Waals surface area contributed by atoms with Crippen molar-refractivity contribution in [2.24, 2.45) is 0 Å². The minimum atomic E-state index is -0.0703. The van der Waals surface area contributed by atoms with Crippen LogP contribution < -0.4 is 4.90 Å². The molecular weight excluding hydrogens is 368 g/mol. The van der Waals surface area contributed by atoms with Gasteiger partial charge in [-0.1, -0.05) is 18.2 Å². The predicted octanol–water partition coefficient (Wildman–Crippen LogP) is 5.33. The zero-order valence-electron chi connectivity index (χ0n) is 16.4. The van der Waals surface area contributed by atoms with Gasteiger partial charge in [-0.15, -0.1) is 11.3 Å². The monoisotopic (exact) mass is 390 g/mol. The third-order valence-corrected chi connectivity index (χ3v) is 5.65. The summed E-state index contributed by atoms with van der Waals surface area (Å²) >= 11 is 1.61. The van der Waals surface area contributed by atoms with Crippen molar-refractivity contribution in [1.29, 1.82) is 0 Å². The number of anilines is 1. The topological polar surface area (TPSA) is 51.0 Å². The van der Waals surface area contributed by atoms with Crippen LogP contribution in [0.2, 0.25) is 0 Å². The Morgan fingerprint density at radius 2 is 2.00 bits per heavy atom. The van der Waals surface area contributed by atoms with E-state index in [1.807, 2.05) is 59.5 Å². The number of hydrogen-bond donors (Lipinski definition) is 0. The maximum atomic E-state index is 13.4. The molecule has 0 saturated heterocycles.